The van der Waals surface area contributed by atoms with E-state index in [4.69, 9.17) is 4.74 Å². The lowest BCUT2D eigenvalue weighted by Gasteiger charge is -2.38. The molecule has 2 aliphatic rings. The fourth-order valence-corrected chi connectivity index (χ4v) is 4.07. The third-order valence-electron chi connectivity index (χ3n) is 5.37. The van der Waals surface area contributed by atoms with E-state index < -0.39 is 0 Å². The zero-order valence-corrected chi connectivity index (χ0v) is 15.0. The van der Waals surface area contributed by atoms with Gasteiger partial charge in [-0.15, -0.1) is 0 Å². The second-order valence-electron chi connectivity index (χ2n) is 7.30. The molecule has 2 heterocycles. The van der Waals surface area contributed by atoms with Gasteiger partial charge in [-0.3, -0.25) is 4.79 Å². The van der Waals surface area contributed by atoms with Crippen molar-refractivity contribution in [3.63, 3.8) is 0 Å². The van der Waals surface area contributed by atoms with Crippen LogP contribution >= 0.6 is 0 Å². The lowest BCUT2D eigenvalue weighted by atomic mass is 9.87. The number of amides is 1. The molecule has 1 N–H and O–H groups in total. The van der Waals surface area contributed by atoms with Crippen LogP contribution in [0.3, 0.4) is 0 Å². The van der Waals surface area contributed by atoms with Gasteiger partial charge in [0.05, 0.1) is 12.0 Å². The molecule has 1 aromatic carbocycles. The molecule has 3 unspecified atom stereocenters. The van der Waals surface area contributed by atoms with Gasteiger partial charge in [0.2, 0.25) is 5.91 Å². The van der Waals surface area contributed by atoms with Crippen molar-refractivity contribution in [1.82, 2.24) is 10.2 Å². The maximum absolute atomic E-state index is 13.2. The van der Waals surface area contributed by atoms with Crippen LogP contribution in [0.15, 0.2) is 24.3 Å². The molecule has 0 radical (unpaired) electrons. The van der Waals surface area contributed by atoms with Crippen molar-refractivity contribution in [2.24, 2.45) is 11.8 Å². The zero-order valence-electron chi connectivity index (χ0n) is 15.0. The third kappa shape index (κ3) is 3.98. The van der Waals surface area contributed by atoms with E-state index in [1.54, 1.807) is 0 Å². The van der Waals surface area contributed by atoms with Gasteiger partial charge in [0, 0.05) is 19.7 Å². The molecule has 24 heavy (non-hydrogen) atoms. The standard InChI is InChI=1S/C20H30N2O2/c1-15-7-9-17(10-8-15)19-18(6-4-12-24-19)20(23)22-11-3-5-16(14-22)13-21-2/h7-10,16,18-19,21H,3-6,11-14H2,1-2H3. The van der Waals surface area contributed by atoms with Crippen molar-refractivity contribution in [1.29, 1.82) is 0 Å². The number of benzene rings is 1. The highest BCUT2D eigenvalue weighted by Crippen LogP contribution is 2.35. The summed E-state index contributed by atoms with van der Waals surface area (Å²) in [6, 6.07) is 8.45. The lowest BCUT2D eigenvalue weighted by molar-refractivity contribution is -0.147. The first-order chi connectivity index (χ1) is 11.7. The average Bonchev–Trinajstić information content (AvgIpc) is 2.62. The molecule has 2 saturated heterocycles. The van der Waals surface area contributed by atoms with E-state index in [9.17, 15) is 4.79 Å². The number of hydrogen-bond donors (Lipinski definition) is 1. The summed E-state index contributed by atoms with van der Waals surface area (Å²) < 4.78 is 6.04. The van der Waals surface area contributed by atoms with Crippen LogP contribution in [-0.4, -0.2) is 44.1 Å². The van der Waals surface area contributed by atoms with Crippen molar-refractivity contribution >= 4 is 5.91 Å². The van der Waals surface area contributed by atoms with E-state index in [1.165, 1.54) is 12.0 Å². The smallest absolute Gasteiger partial charge is 0.228 e. The zero-order chi connectivity index (χ0) is 16.9. The van der Waals surface area contributed by atoms with Crippen molar-refractivity contribution < 1.29 is 9.53 Å². The maximum Gasteiger partial charge on any atom is 0.228 e. The van der Waals surface area contributed by atoms with Crippen LogP contribution in [-0.2, 0) is 9.53 Å². The van der Waals surface area contributed by atoms with Gasteiger partial charge in [0.1, 0.15) is 0 Å². The Morgan fingerprint density at radius 1 is 1.25 bits per heavy atom. The summed E-state index contributed by atoms with van der Waals surface area (Å²) in [7, 11) is 1.99. The molecule has 2 fully saturated rings. The molecular weight excluding hydrogens is 300 g/mol. The molecule has 0 saturated carbocycles. The first kappa shape index (κ1) is 17.4. The molecule has 2 aliphatic heterocycles. The number of nitrogens with one attached hydrogen (secondary N) is 1. The molecule has 3 atom stereocenters. The predicted octanol–water partition coefficient (Wildman–Crippen LogP) is 2.92. The summed E-state index contributed by atoms with van der Waals surface area (Å²) in [5, 5.41) is 3.25. The SMILES string of the molecule is CNCC1CCCN(C(=O)C2CCCOC2c2ccc(C)cc2)C1. The molecule has 1 amide bonds. The Balaban J connectivity index is 1.72. The normalized spacial score (nSPS) is 27.9. The fourth-order valence-electron chi connectivity index (χ4n) is 4.07. The summed E-state index contributed by atoms with van der Waals surface area (Å²) in [5.41, 5.74) is 2.38. The van der Waals surface area contributed by atoms with Crippen molar-refractivity contribution in [2.45, 2.75) is 38.7 Å². The number of piperidine rings is 1. The van der Waals surface area contributed by atoms with Gasteiger partial charge in [-0.2, -0.15) is 0 Å². The molecule has 0 bridgehead atoms. The highest BCUT2D eigenvalue weighted by molar-refractivity contribution is 5.80. The lowest BCUT2D eigenvalue weighted by Crippen LogP contribution is -2.47. The largest absolute Gasteiger partial charge is 0.373 e. The highest BCUT2D eigenvalue weighted by Gasteiger charge is 2.36. The van der Waals surface area contributed by atoms with Crippen LogP contribution in [0, 0.1) is 18.8 Å². The van der Waals surface area contributed by atoms with E-state index in [-0.39, 0.29) is 12.0 Å². The highest BCUT2D eigenvalue weighted by atomic mass is 16.5. The topological polar surface area (TPSA) is 41.6 Å². The summed E-state index contributed by atoms with van der Waals surface area (Å²) in [5.74, 6) is 0.839. The molecule has 4 nitrogen and oxygen atoms in total. The summed E-state index contributed by atoms with van der Waals surface area (Å²) in [6.07, 6.45) is 4.15. The van der Waals surface area contributed by atoms with Crippen LogP contribution < -0.4 is 5.32 Å². The second-order valence-corrected chi connectivity index (χ2v) is 7.30. The first-order valence-electron chi connectivity index (χ1n) is 9.30. The Morgan fingerprint density at radius 2 is 2.04 bits per heavy atom. The van der Waals surface area contributed by atoms with Gasteiger partial charge in [-0.1, -0.05) is 29.8 Å². The molecular formula is C20H30N2O2. The monoisotopic (exact) mass is 330 g/mol. The van der Waals surface area contributed by atoms with Gasteiger partial charge in [-0.05, 0) is 57.7 Å². The van der Waals surface area contributed by atoms with Gasteiger partial charge >= 0.3 is 0 Å². The average molecular weight is 330 g/mol. The number of rotatable bonds is 4. The van der Waals surface area contributed by atoms with Crippen LogP contribution in [0.4, 0.5) is 0 Å². The predicted molar refractivity (Wildman–Crippen MR) is 95.8 cm³/mol. The minimum absolute atomic E-state index is 0.0326. The molecule has 4 heteroatoms. The summed E-state index contributed by atoms with van der Waals surface area (Å²) >= 11 is 0. The Bertz CT molecular complexity index is 541. The number of carbonyl (C=O) groups is 1. The van der Waals surface area contributed by atoms with Crippen molar-refractivity contribution in [3.8, 4) is 0 Å². The Hall–Kier alpha value is -1.39. The van der Waals surface area contributed by atoms with E-state index in [2.05, 4.69) is 41.4 Å². The van der Waals surface area contributed by atoms with E-state index in [0.717, 1.165) is 51.1 Å². The van der Waals surface area contributed by atoms with Gasteiger partial charge in [-0.25, -0.2) is 0 Å². The Kier molecular flexibility index (Phi) is 5.90. The fraction of sp³-hybridized carbons (Fsp3) is 0.650. The van der Waals surface area contributed by atoms with Crippen LogP contribution in [0.25, 0.3) is 0 Å². The summed E-state index contributed by atoms with van der Waals surface area (Å²) in [6.45, 7) is 5.62. The summed E-state index contributed by atoms with van der Waals surface area (Å²) in [4.78, 5) is 15.3. The minimum Gasteiger partial charge on any atom is -0.373 e. The maximum atomic E-state index is 13.2. The Labute approximate surface area is 145 Å². The van der Waals surface area contributed by atoms with Gasteiger partial charge in [0.15, 0.2) is 0 Å². The molecule has 0 spiro atoms. The van der Waals surface area contributed by atoms with Crippen LogP contribution in [0.1, 0.15) is 42.9 Å². The number of likely N-dealkylation sites (tertiary alicyclic amines) is 1. The molecule has 0 aliphatic carbocycles. The van der Waals surface area contributed by atoms with E-state index >= 15 is 0 Å². The minimum atomic E-state index is -0.0865. The first-order valence-corrected chi connectivity index (χ1v) is 9.30. The van der Waals surface area contributed by atoms with Gasteiger partial charge in [0.25, 0.3) is 0 Å². The molecule has 0 aromatic heterocycles. The number of carbonyl (C=O) groups excluding carboxylic acids is 1. The van der Waals surface area contributed by atoms with E-state index in [1.807, 2.05) is 7.05 Å². The quantitative estimate of drug-likeness (QED) is 0.923. The number of ether oxygens (including phenoxy) is 1. The Morgan fingerprint density at radius 3 is 2.79 bits per heavy atom. The molecule has 1 aromatic rings. The number of nitrogens with zero attached hydrogens (tertiary/aromatic N) is 1. The number of aryl methyl sites for hydroxylation is 1. The van der Waals surface area contributed by atoms with Gasteiger partial charge < -0.3 is 15.0 Å². The third-order valence-corrected chi connectivity index (χ3v) is 5.37. The number of hydrogen-bond acceptors (Lipinski definition) is 3. The second kappa shape index (κ2) is 8.13. The molecule has 132 valence electrons. The van der Waals surface area contributed by atoms with Crippen molar-refractivity contribution in [3.05, 3.63) is 35.4 Å². The van der Waals surface area contributed by atoms with Crippen LogP contribution in [0.5, 0.6) is 0 Å². The van der Waals surface area contributed by atoms with Crippen LogP contribution in [0.2, 0.25) is 0 Å². The van der Waals surface area contributed by atoms with E-state index in [0.29, 0.717) is 11.8 Å². The molecule has 3 rings (SSSR count). The van der Waals surface area contributed by atoms with Crippen molar-refractivity contribution in [2.75, 3.05) is 33.3 Å².